The van der Waals surface area contributed by atoms with Crippen molar-refractivity contribution in [1.29, 1.82) is 0 Å². The molecule has 7 heteroatoms. The van der Waals surface area contributed by atoms with Gasteiger partial charge in [-0.05, 0) is 35.9 Å². The Balaban J connectivity index is 1.90. The Morgan fingerprint density at radius 1 is 1.25 bits per heavy atom. The van der Waals surface area contributed by atoms with E-state index in [4.69, 9.17) is 16.3 Å². The first kappa shape index (κ1) is 16.8. The van der Waals surface area contributed by atoms with Crippen molar-refractivity contribution >= 4 is 50.7 Å². The Bertz CT molecular complexity index is 780. The number of benzene rings is 2. The number of nitrogens with one attached hydrogen (secondary N) is 1. The first-order valence-electron chi connectivity index (χ1n) is 7.24. The van der Waals surface area contributed by atoms with E-state index in [1.165, 1.54) is 0 Å². The standard InChI is InChI=1S/C17H14BrClN2O3/c18-12-3-1-11(2-4-12)9-21-14-7-13(20-16(22)8-19)5-6-15(14)24-10-17(21)23/h1-7H,8-10H2,(H,20,22). The number of rotatable bonds is 4. The van der Waals surface area contributed by atoms with E-state index in [1.807, 2.05) is 24.3 Å². The maximum atomic E-state index is 12.3. The molecular weight excluding hydrogens is 396 g/mol. The lowest BCUT2D eigenvalue weighted by molar-refractivity contribution is -0.121. The van der Waals surface area contributed by atoms with E-state index in [1.54, 1.807) is 23.1 Å². The molecule has 1 N–H and O–H groups in total. The zero-order chi connectivity index (χ0) is 17.1. The number of anilines is 2. The van der Waals surface area contributed by atoms with Crippen LogP contribution in [0.1, 0.15) is 5.56 Å². The third-order valence-corrected chi connectivity index (χ3v) is 4.33. The number of carbonyl (C=O) groups excluding carboxylic acids is 2. The molecule has 5 nitrogen and oxygen atoms in total. The summed E-state index contributed by atoms with van der Waals surface area (Å²) in [5, 5.41) is 2.68. The molecule has 2 amide bonds. The van der Waals surface area contributed by atoms with E-state index in [-0.39, 0.29) is 24.3 Å². The number of alkyl halides is 1. The number of ether oxygens (including phenoxy) is 1. The molecular formula is C17H14BrClN2O3. The van der Waals surface area contributed by atoms with Crippen molar-refractivity contribution in [1.82, 2.24) is 0 Å². The van der Waals surface area contributed by atoms with Crippen molar-refractivity contribution in [3.8, 4) is 5.75 Å². The first-order valence-corrected chi connectivity index (χ1v) is 8.57. The number of hydrogen-bond acceptors (Lipinski definition) is 3. The highest BCUT2D eigenvalue weighted by atomic mass is 79.9. The molecule has 0 saturated heterocycles. The van der Waals surface area contributed by atoms with Gasteiger partial charge >= 0.3 is 0 Å². The number of halogens is 2. The molecule has 2 aromatic rings. The van der Waals surface area contributed by atoms with E-state index >= 15 is 0 Å². The lowest BCUT2D eigenvalue weighted by Crippen LogP contribution is -2.38. The lowest BCUT2D eigenvalue weighted by atomic mass is 10.1. The van der Waals surface area contributed by atoms with Gasteiger partial charge in [-0.3, -0.25) is 9.59 Å². The first-order chi connectivity index (χ1) is 11.6. The Hall–Kier alpha value is -2.05. The third-order valence-electron chi connectivity index (χ3n) is 3.56. The van der Waals surface area contributed by atoms with Crippen LogP contribution in [0.15, 0.2) is 46.9 Å². The monoisotopic (exact) mass is 408 g/mol. The molecule has 0 fully saturated rings. The van der Waals surface area contributed by atoms with Gasteiger partial charge in [0.2, 0.25) is 5.91 Å². The second-order valence-corrected chi connectivity index (χ2v) is 6.44. The molecule has 24 heavy (non-hydrogen) atoms. The maximum Gasteiger partial charge on any atom is 0.265 e. The minimum atomic E-state index is -0.306. The molecule has 0 atom stereocenters. The molecule has 1 heterocycles. The smallest absolute Gasteiger partial charge is 0.265 e. The highest BCUT2D eigenvalue weighted by Crippen LogP contribution is 2.35. The third kappa shape index (κ3) is 3.71. The summed E-state index contributed by atoms with van der Waals surface area (Å²) < 4.78 is 6.45. The van der Waals surface area contributed by atoms with Gasteiger partial charge in [0, 0.05) is 10.2 Å². The molecule has 3 rings (SSSR count). The number of amides is 2. The fourth-order valence-corrected chi connectivity index (χ4v) is 2.75. The summed E-state index contributed by atoms with van der Waals surface area (Å²) in [4.78, 5) is 25.4. The topological polar surface area (TPSA) is 58.6 Å². The molecule has 1 aliphatic heterocycles. The van der Waals surface area contributed by atoms with Crippen LogP contribution < -0.4 is 15.0 Å². The van der Waals surface area contributed by atoms with Crippen molar-refractivity contribution in [3.63, 3.8) is 0 Å². The van der Waals surface area contributed by atoms with Crippen LogP contribution in [0.3, 0.4) is 0 Å². The minimum Gasteiger partial charge on any atom is -0.482 e. The van der Waals surface area contributed by atoms with Gasteiger partial charge in [-0.2, -0.15) is 0 Å². The van der Waals surface area contributed by atoms with Crippen LogP contribution >= 0.6 is 27.5 Å². The summed E-state index contributed by atoms with van der Waals surface area (Å²) in [6, 6.07) is 12.9. The number of hydrogen-bond donors (Lipinski definition) is 1. The average molecular weight is 410 g/mol. The van der Waals surface area contributed by atoms with Gasteiger partial charge in [0.05, 0.1) is 12.2 Å². The number of nitrogens with zero attached hydrogens (tertiary/aromatic N) is 1. The summed E-state index contributed by atoms with van der Waals surface area (Å²) in [5.74, 6) is 0.0377. The summed E-state index contributed by atoms with van der Waals surface area (Å²) in [7, 11) is 0. The molecule has 2 aromatic carbocycles. The van der Waals surface area contributed by atoms with Crippen molar-refractivity contribution in [2.24, 2.45) is 0 Å². The summed E-state index contributed by atoms with van der Waals surface area (Å²) in [6.45, 7) is 0.423. The molecule has 0 unspecified atom stereocenters. The Labute approximate surface area is 152 Å². The van der Waals surface area contributed by atoms with Gasteiger partial charge in [-0.1, -0.05) is 28.1 Å². The average Bonchev–Trinajstić information content (AvgIpc) is 2.59. The second kappa shape index (κ2) is 7.23. The molecule has 1 aliphatic rings. The zero-order valence-corrected chi connectivity index (χ0v) is 14.9. The van der Waals surface area contributed by atoms with Gasteiger partial charge in [0.25, 0.3) is 5.91 Å². The van der Waals surface area contributed by atoms with Crippen LogP contribution in [0.25, 0.3) is 0 Å². The van der Waals surface area contributed by atoms with Crippen LogP contribution in [-0.2, 0) is 16.1 Å². The normalized spacial score (nSPS) is 13.2. The highest BCUT2D eigenvalue weighted by Gasteiger charge is 2.26. The Morgan fingerprint density at radius 2 is 2.00 bits per heavy atom. The van der Waals surface area contributed by atoms with E-state index in [9.17, 15) is 9.59 Å². The van der Waals surface area contributed by atoms with Crippen molar-refractivity contribution < 1.29 is 14.3 Å². The zero-order valence-electron chi connectivity index (χ0n) is 12.6. The van der Waals surface area contributed by atoms with Gasteiger partial charge < -0.3 is 15.0 Å². The maximum absolute atomic E-state index is 12.3. The van der Waals surface area contributed by atoms with E-state index in [0.29, 0.717) is 23.7 Å². The number of fused-ring (bicyclic) bond motifs is 1. The van der Waals surface area contributed by atoms with Gasteiger partial charge in [0.15, 0.2) is 6.61 Å². The fourth-order valence-electron chi connectivity index (χ4n) is 2.42. The summed E-state index contributed by atoms with van der Waals surface area (Å²) >= 11 is 8.91. The molecule has 0 aromatic heterocycles. The van der Waals surface area contributed by atoms with Gasteiger partial charge in [0.1, 0.15) is 11.6 Å². The van der Waals surface area contributed by atoms with Crippen LogP contribution in [0, 0.1) is 0 Å². The fraction of sp³-hybridized carbons (Fsp3) is 0.176. The largest absolute Gasteiger partial charge is 0.482 e. The molecule has 0 saturated carbocycles. The predicted molar refractivity (Wildman–Crippen MR) is 96.6 cm³/mol. The summed E-state index contributed by atoms with van der Waals surface area (Å²) in [5.41, 5.74) is 2.19. The quantitative estimate of drug-likeness (QED) is 0.786. The molecule has 0 aliphatic carbocycles. The Morgan fingerprint density at radius 3 is 2.71 bits per heavy atom. The predicted octanol–water partition coefficient (Wildman–Crippen LogP) is 3.55. The second-order valence-electron chi connectivity index (χ2n) is 5.26. The molecule has 0 radical (unpaired) electrons. The van der Waals surface area contributed by atoms with Crippen LogP contribution in [0.2, 0.25) is 0 Å². The van der Waals surface area contributed by atoms with Crippen LogP contribution in [0.5, 0.6) is 5.75 Å². The molecule has 0 bridgehead atoms. The van der Waals surface area contributed by atoms with Gasteiger partial charge in [-0.25, -0.2) is 0 Å². The molecule has 0 spiro atoms. The lowest BCUT2D eigenvalue weighted by Gasteiger charge is -2.30. The SMILES string of the molecule is O=C(CCl)Nc1ccc2c(c1)N(Cc1ccc(Br)cc1)C(=O)CO2. The molecule has 124 valence electrons. The van der Waals surface area contributed by atoms with Crippen LogP contribution in [0.4, 0.5) is 11.4 Å². The minimum absolute atomic E-state index is 0.00306. The van der Waals surface area contributed by atoms with Crippen LogP contribution in [-0.4, -0.2) is 24.3 Å². The van der Waals surface area contributed by atoms with E-state index in [0.717, 1.165) is 10.0 Å². The van der Waals surface area contributed by atoms with E-state index < -0.39 is 0 Å². The Kier molecular flexibility index (Phi) is 5.06. The van der Waals surface area contributed by atoms with Crippen molar-refractivity contribution in [2.45, 2.75) is 6.54 Å². The number of carbonyl (C=O) groups is 2. The highest BCUT2D eigenvalue weighted by molar-refractivity contribution is 9.10. The summed E-state index contributed by atoms with van der Waals surface area (Å²) in [6.07, 6.45) is 0. The van der Waals surface area contributed by atoms with Gasteiger partial charge in [-0.15, -0.1) is 11.6 Å². The van der Waals surface area contributed by atoms with Crippen molar-refractivity contribution in [2.75, 3.05) is 22.7 Å². The van der Waals surface area contributed by atoms with Crippen molar-refractivity contribution in [3.05, 3.63) is 52.5 Å². The van der Waals surface area contributed by atoms with E-state index in [2.05, 4.69) is 21.2 Å².